The minimum atomic E-state index is -0.799. The summed E-state index contributed by atoms with van der Waals surface area (Å²) in [4.78, 5) is 24.8. The van der Waals surface area contributed by atoms with Crippen LogP contribution in [0.4, 0.5) is 0 Å². The quantitative estimate of drug-likeness (QED) is 0.820. The Morgan fingerprint density at radius 3 is 2.67 bits per heavy atom. The van der Waals surface area contributed by atoms with Gasteiger partial charge in [0.25, 0.3) is 0 Å². The number of amides is 1. The Balaban J connectivity index is 1.84. The number of aliphatic carboxylic acids is 1. The molecular formula is C13H21NO4. The van der Waals surface area contributed by atoms with Crippen molar-refractivity contribution < 1.29 is 19.4 Å². The Hall–Kier alpha value is -1.10. The summed E-state index contributed by atoms with van der Waals surface area (Å²) in [6.45, 7) is 3.54. The molecule has 2 saturated heterocycles. The van der Waals surface area contributed by atoms with Crippen LogP contribution in [0.3, 0.4) is 0 Å². The topological polar surface area (TPSA) is 66.8 Å². The van der Waals surface area contributed by atoms with Crippen molar-refractivity contribution in [3.63, 3.8) is 0 Å². The van der Waals surface area contributed by atoms with Crippen LogP contribution < -0.4 is 0 Å². The van der Waals surface area contributed by atoms with Gasteiger partial charge in [-0.1, -0.05) is 6.92 Å². The standard InChI is InChI=1S/C13H21NO4/c1-9-7-14(8-11(9)13(16)17)12(15)6-10-4-2-3-5-18-10/h9-11H,2-8H2,1H3,(H,16,17)/t9-,10?,11-/m1/s1. The Morgan fingerprint density at radius 1 is 1.33 bits per heavy atom. The number of ether oxygens (including phenoxy) is 1. The van der Waals surface area contributed by atoms with Gasteiger partial charge in [0, 0.05) is 19.7 Å². The maximum absolute atomic E-state index is 12.1. The molecule has 5 heteroatoms. The molecule has 2 rings (SSSR count). The predicted octanol–water partition coefficient (Wildman–Crippen LogP) is 1.12. The number of hydrogen-bond donors (Lipinski definition) is 1. The third-order valence-electron chi connectivity index (χ3n) is 3.96. The summed E-state index contributed by atoms with van der Waals surface area (Å²) >= 11 is 0. The van der Waals surface area contributed by atoms with Crippen molar-refractivity contribution >= 4 is 11.9 Å². The van der Waals surface area contributed by atoms with E-state index in [1.807, 2.05) is 6.92 Å². The molecule has 5 nitrogen and oxygen atoms in total. The van der Waals surface area contributed by atoms with Gasteiger partial charge in [-0.3, -0.25) is 9.59 Å². The fourth-order valence-electron chi connectivity index (χ4n) is 2.78. The van der Waals surface area contributed by atoms with Crippen molar-refractivity contribution in [3.05, 3.63) is 0 Å². The second-order valence-electron chi connectivity index (χ2n) is 5.41. The zero-order valence-corrected chi connectivity index (χ0v) is 10.8. The van der Waals surface area contributed by atoms with E-state index < -0.39 is 11.9 Å². The van der Waals surface area contributed by atoms with Crippen LogP contribution in [0.15, 0.2) is 0 Å². The fraction of sp³-hybridized carbons (Fsp3) is 0.846. The van der Waals surface area contributed by atoms with Crippen LogP contribution in [-0.2, 0) is 14.3 Å². The molecule has 2 fully saturated rings. The summed E-state index contributed by atoms with van der Waals surface area (Å²) in [6.07, 6.45) is 3.57. The van der Waals surface area contributed by atoms with E-state index in [9.17, 15) is 9.59 Å². The van der Waals surface area contributed by atoms with Gasteiger partial charge in [0.2, 0.25) is 5.91 Å². The van der Waals surface area contributed by atoms with Gasteiger partial charge in [0.15, 0.2) is 0 Å². The number of carboxylic acid groups (broad SMARTS) is 1. The van der Waals surface area contributed by atoms with E-state index in [-0.39, 0.29) is 17.9 Å². The first-order valence-corrected chi connectivity index (χ1v) is 6.70. The molecule has 0 bridgehead atoms. The molecule has 0 aromatic carbocycles. The average Bonchev–Trinajstić information content (AvgIpc) is 2.73. The second kappa shape index (κ2) is 5.69. The van der Waals surface area contributed by atoms with Crippen LogP contribution in [0.5, 0.6) is 0 Å². The highest BCUT2D eigenvalue weighted by Gasteiger charge is 2.37. The minimum absolute atomic E-state index is 0.0328. The Morgan fingerprint density at radius 2 is 2.11 bits per heavy atom. The first kappa shape index (κ1) is 13.3. The van der Waals surface area contributed by atoms with E-state index in [2.05, 4.69) is 0 Å². The van der Waals surface area contributed by atoms with Gasteiger partial charge in [-0.2, -0.15) is 0 Å². The monoisotopic (exact) mass is 255 g/mol. The van der Waals surface area contributed by atoms with Crippen molar-refractivity contribution in [1.82, 2.24) is 4.90 Å². The Labute approximate surface area is 107 Å². The maximum atomic E-state index is 12.1. The average molecular weight is 255 g/mol. The lowest BCUT2D eigenvalue weighted by Crippen LogP contribution is -2.34. The Bertz CT molecular complexity index is 325. The minimum Gasteiger partial charge on any atom is -0.481 e. The molecule has 2 heterocycles. The first-order valence-electron chi connectivity index (χ1n) is 6.70. The van der Waals surface area contributed by atoms with Crippen molar-refractivity contribution in [2.75, 3.05) is 19.7 Å². The number of nitrogens with zero attached hydrogens (tertiary/aromatic N) is 1. The Kier molecular flexibility index (Phi) is 4.22. The maximum Gasteiger partial charge on any atom is 0.308 e. The first-order chi connectivity index (χ1) is 8.58. The predicted molar refractivity (Wildman–Crippen MR) is 65.1 cm³/mol. The number of likely N-dealkylation sites (tertiary alicyclic amines) is 1. The summed E-state index contributed by atoms with van der Waals surface area (Å²) in [7, 11) is 0. The van der Waals surface area contributed by atoms with Crippen molar-refractivity contribution in [2.24, 2.45) is 11.8 Å². The molecule has 2 aliphatic heterocycles. The van der Waals surface area contributed by atoms with Crippen molar-refractivity contribution in [1.29, 1.82) is 0 Å². The highest BCUT2D eigenvalue weighted by atomic mass is 16.5. The van der Waals surface area contributed by atoms with Gasteiger partial charge < -0.3 is 14.7 Å². The van der Waals surface area contributed by atoms with Crippen molar-refractivity contribution in [2.45, 2.75) is 38.7 Å². The molecule has 18 heavy (non-hydrogen) atoms. The summed E-state index contributed by atoms with van der Waals surface area (Å²) in [5.74, 6) is -1.14. The molecule has 1 unspecified atom stereocenters. The molecule has 102 valence electrons. The number of hydrogen-bond acceptors (Lipinski definition) is 3. The summed E-state index contributed by atoms with van der Waals surface area (Å²) in [5.41, 5.74) is 0. The van der Waals surface area contributed by atoms with Gasteiger partial charge in [-0.05, 0) is 25.2 Å². The van der Waals surface area contributed by atoms with Gasteiger partial charge in [0.1, 0.15) is 0 Å². The SMILES string of the molecule is C[C@@H]1CN(C(=O)CC2CCCCO2)C[C@H]1C(=O)O. The van der Waals surface area contributed by atoms with Gasteiger partial charge in [-0.25, -0.2) is 0 Å². The van der Waals surface area contributed by atoms with E-state index in [1.54, 1.807) is 4.90 Å². The number of carbonyl (C=O) groups excluding carboxylic acids is 1. The molecule has 2 aliphatic rings. The molecule has 0 aromatic rings. The van der Waals surface area contributed by atoms with E-state index in [0.29, 0.717) is 19.5 Å². The third-order valence-corrected chi connectivity index (χ3v) is 3.96. The summed E-state index contributed by atoms with van der Waals surface area (Å²) in [6, 6.07) is 0. The fourth-order valence-corrected chi connectivity index (χ4v) is 2.78. The van der Waals surface area contributed by atoms with E-state index in [4.69, 9.17) is 9.84 Å². The highest BCUT2D eigenvalue weighted by molar-refractivity contribution is 5.79. The van der Waals surface area contributed by atoms with E-state index >= 15 is 0 Å². The molecule has 0 radical (unpaired) electrons. The molecule has 0 aliphatic carbocycles. The van der Waals surface area contributed by atoms with Gasteiger partial charge >= 0.3 is 5.97 Å². The molecule has 0 saturated carbocycles. The number of carbonyl (C=O) groups is 2. The zero-order valence-electron chi connectivity index (χ0n) is 10.8. The second-order valence-corrected chi connectivity index (χ2v) is 5.41. The van der Waals surface area contributed by atoms with E-state index in [0.717, 1.165) is 25.9 Å². The van der Waals surface area contributed by atoms with Crippen LogP contribution in [-0.4, -0.2) is 47.7 Å². The molecule has 1 amide bonds. The van der Waals surface area contributed by atoms with Crippen LogP contribution in [0.25, 0.3) is 0 Å². The molecule has 1 N–H and O–H groups in total. The molecular weight excluding hydrogens is 234 g/mol. The lowest BCUT2D eigenvalue weighted by molar-refractivity contribution is -0.142. The van der Waals surface area contributed by atoms with E-state index in [1.165, 1.54) is 0 Å². The van der Waals surface area contributed by atoms with Gasteiger partial charge in [0.05, 0.1) is 18.4 Å². The number of carboxylic acids is 1. The number of rotatable bonds is 3. The molecule has 3 atom stereocenters. The van der Waals surface area contributed by atoms with Crippen LogP contribution in [0, 0.1) is 11.8 Å². The molecule has 0 spiro atoms. The summed E-state index contributed by atoms with van der Waals surface area (Å²) in [5, 5.41) is 9.04. The van der Waals surface area contributed by atoms with Crippen molar-refractivity contribution in [3.8, 4) is 0 Å². The zero-order chi connectivity index (χ0) is 13.1. The van der Waals surface area contributed by atoms with Crippen LogP contribution >= 0.6 is 0 Å². The third kappa shape index (κ3) is 3.02. The normalized spacial score (nSPS) is 32.5. The van der Waals surface area contributed by atoms with Crippen LogP contribution in [0.2, 0.25) is 0 Å². The van der Waals surface area contributed by atoms with Gasteiger partial charge in [-0.15, -0.1) is 0 Å². The van der Waals surface area contributed by atoms with Crippen LogP contribution in [0.1, 0.15) is 32.6 Å². The summed E-state index contributed by atoms with van der Waals surface area (Å²) < 4.78 is 5.55. The molecule has 0 aromatic heterocycles. The lowest BCUT2D eigenvalue weighted by Gasteiger charge is -2.24. The lowest BCUT2D eigenvalue weighted by atomic mass is 9.99. The largest absolute Gasteiger partial charge is 0.481 e. The highest BCUT2D eigenvalue weighted by Crippen LogP contribution is 2.25. The smallest absolute Gasteiger partial charge is 0.308 e.